The minimum atomic E-state index is -0.507. The van der Waals surface area contributed by atoms with Crippen molar-refractivity contribution in [2.45, 2.75) is 0 Å². The molecule has 3 aromatic rings. The van der Waals surface area contributed by atoms with Gasteiger partial charge in [0.05, 0.1) is 7.11 Å². The van der Waals surface area contributed by atoms with Crippen LogP contribution in [-0.2, 0) is 4.74 Å². The van der Waals surface area contributed by atoms with Gasteiger partial charge < -0.3 is 4.74 Å². The molecule has 0 bridgehead atoms. The first-order valence-corrected chi connectivity index (χ1v) is 6.63. The normalized spacial score (nSPS) is 10.3. The number of aromatic nitrogens is 1. The molecule has 104 valence electrons. The van der Waals surface area contributed by atoms with Crippen LogP contribution in [0.5, 0.6) is 0 Å². The summed E-state index contributed by atoms with van der Waals surface area (Å²) in [5, 5.41) is 2.15. The number of benzene rings is 2. The van der Waals surface area contributed by atoms with E-state index in [1.54, 1.807) is 4.68 Å². The molecule has 1 heterocycles. The van der Waals surface area contributed by atoms with Gasteiger partial charge in [0, 0.05) is 17.0 Å². The Morgan fingerprint density at radius 3 is 2.38 bits per heavy atom. The lowest BCUT2D eigenvalue weighted by Crippen LogP contribution is -2.49. The van der Waals surface area contributed by atoms with Crippen LogP contribution in [0.25, 0.3) is 22.0 Å². The molecule has 0 saturated heterocycles. The third-order valence-electron chi connectivity index (χ3n) is 3.28. The first-order chi connectivity index (χ1) is 10.3. The number of carbonyl (C=O) groups is 1. The molecule has 0 radical (unpaired) electrons. The zero-order chi connectivity index (χ0) is 14.7. The number of carbonyl (C=O) groups excluding carboxylic acids is 1. The predicted molar refractivity (Wildman–Crippen MR) is 81.3 cm³/mol. The standard InChI is InChI=1S/C17H14N2O2/c1-21-17(20)18-19-12-15-10-6-5-9-14(15)11-16(19)13-7-3-2-4-8-13/h2-12H,1H3/p+1. The molecular weight excluding hydrogens is 264 g/mol. The van der Waals surface area contributed by atoms with Crippen LogP contribution in [0.3, 0.4) is 0 Å². The van der Waals surface area contributed by atoms with Gasteiger partial charge in [-0.15, -0.1) is 0 Å². The number of ether oxygens (including phenoxy) is 1. The van der Waals surface area contributed by atoms with Crippen LogP contribution >= 0.6 is 0 Å². The van der Waals surface area contributed by atoms with Gasteiger partial charge >= 0.3 is 6.09 Å². The smallest absolute Gasteiger partial charge is 0.449 e. The van der Waals surface area contributed by atoms with Crippen LogP contribution in [0, 0.1) is 0 Å². The third-order valence-corrected chi connectivity index (χ3v) is 3.28. The average molecular weight is 279 g/mol. The number of fused-ring (bicyclic) bond motifs is 1. The van der Waals surface area contributed by atoms with Crippen LogP contribution in [0.2, 0.25) is 0 Å². The minimum absolute atomic E-state index is 0.507. The maximum Gasteiger partial charge on any atom is 0.460 e. The fourth-order valence-corrected chi connectivity index (χ4v) is 2.25. The molecule has 0 aliphatic rings. The van der Waals surface area contributed by atoms with Gasteiger partial charge in [-0.25, -0.2) is 4.79 Å². The second-order valence-electron chi connectivity index (χ2n) is 4.63. The molecular formula is C17H15N2O2+. The van der Waals surface area contributed by atoms with Gasteiger partial charge in [-0.1, -0.05) is 46.5 Å². The lowest BCUT2D eigenvalue weighted by atomic mass is 10.1. The number of pyridine rings is 1. The molecule has 4 nitrogen and oxygen atoms in total. The Morgan fingerprint density at radius 1 is 1.00 bits per heavy atom. The summed E-state index contributed by atoms with van der Waals surface area (Å²) >= 11 is 0. The number of nitrogens with zero attached hydrogens (tertiary/aromatic N) is 1. The molecule has 4 heteroatoms. The maximum absolute atomic E-state index is 11.5. The van der Waals surface area contributed by atoms with E-state index < -0.39 is 6.09 Å². The second-order valence-corrected chi connectivity index (χ2v) is 4.63. The zero-order valence-electron chi connectivity index (χ0n) is 11.6. The number of hydrogen-bond acceptors (Lipinski definition) is 2. The van der Waals surface area contributed by atoms with Crippen LogP contribution in [-0.4, -0.2) is 13.2 Å². The van der Waals surface area contributed by atoms with Crippen molar-refractivity contribution in [2.75, 3.05) is 12.5 Å². The van der Waals surface area contributed by atoms with Gasteiger partial charge in [0.25, 0.3) is 0 Å². The van der Waals surface area contributed by atoms with Crippen molar-refractivity contribution in [3.8, 4) is 11.3 Å². The molecule has 0 spiro atoms. The predicted octanol–water partition coefficient (Wildman–Crippen LogP) is 3.10. The molecule has 1 aromatic heterocycles. The molecule has 0 unspecified atom stereocenters. The zero-order valence-corrected chi connectivity index (χ0v) is 11.6. The van der Waals surface area contributed by atoms with Gasteiger partial charge in [-0.2, -0.15) is 0 Å². The lowest BCUT2D eigenvalue weighted by molar-refractivity contribution is -0.629. The van der Waals surface area contributed by atoms with E-state index in [2.05, 4.69) is 10.2 Å². The number of nitrogens with one attached hydrogen (secondary N) is 1. The fraction of sp³-hybridized carbons (Fsp3) is 0.0588. The van der Waals surface area contributed by atoms with E-state index in [4.69, 9.17) is 0 Å². The van der Waals surface area contributed by atoms with E-state index in [0.717, 1.165) is 22.0 Å². The van der Waals surface area contributed by atoms with E-state index in [-0.39, 0.29) is 0 Å². The number of rotatable bonds is 2. The lowest BCUT2D eigenvalue weighted by Gasteiger charge is -2.05. The molecule has 1 N–H and O–H groups in total. The van der Waals surface area contributed by atoms with E-state index in [1.165, 1.54) is 7.11 Å². The Bertz CT molecular complexity index is 785. The molecule has 2 aromatic carbocycles. The Kier molecular flexibility index (Phi) is 3.51. The highest BCUT2D eigenvalue weighted by atomic mass is 16.5. The van der Waals surface area contributed by atoms with Gasteiger partial charge in [-0.3, -0.25) is 0 Å². The summed E-state index contributed by atoms with van der Waals surface area (Å²) in [5.74, 6) is 0. The molecule has 21 heavy (non-hydrogen) atoms. The number of hydrogen-bond donors (Lipinski definition) is 1. The van der Waals surface area contributed by atoms with Crippen molar-refractivity contribution in [3.05, 3.63) is 66.9 Å². The summed E-state index contributed by atoms with van der Waals surface area (Å²) in [7, 11) is 1.35. The SMILES string of the molecule is COC(=O)N[n+]1cc2ccccc2cc1-c1ccccc1. The van der Waals surface area contributed by atoms with Crippen molar-refractivity contribution < 1.29 is 14.2 Å². The van der Waals surface area contributed by atoms with Crippen LogP contribution < -0.4 is 10.1 Å². The van der Waals surface area contributed by atoms with Gasteiger partial charge in [-0.05, 0) is 23.6 Å². The monoisotopic (exact) mass is 279 g/mol. The van der Waals surface area contributed by atoms with E-state index in [1.807, 2.05) is 66.9 Å². The largest absolute Gasteiger partial charge is 0.460 e. The maximum atomic E-state index is 11.5. The van der Waals surface area contributed by atoms with Gasteiger partial charge in [0.1, 0.15) is 0 Å². The number of methoxy groups -OCH3 is 1. The summed E-state index contributed by atoms with van der Waals surface area (Å²) in [6.07, 6.45) is 1.38. The van der Waals surface area contributed by atoms with Crippen LogP contribution in [0.1, 0.15) is 0 Å². The van der Waals surface area contributed by atoms with Gasteiger partial charge in [0.2, 0.25) is 11.9 Å². The highest BCUT2D eigenvalue weighted by molar-refractivity contribution is 5.84. The van der Waals surface area contributed by atoms with E-state index >= 15 is 0 Å². The summed E-state index contributed by atoms with van der Waals surface area (Å²) in [6.45, 7) is 0. The Labute approximate surface area is 122 Å². The minimum Gasteiger partial charge on any atom is -0.449 e. The third kappa shape index (κ3) is 2.69. The Morgan fingerprint density at radius 2 is 1.67 bits per heavy atom. The molecule has 0 aliphatic carbocycles. The summed E-state index contributed by atoms with van der Waals surface area (Å²) in [5.41, 5.74) is 4.61. The van der Waals surface area contributed by atoms with Crippen molar-refractivity contribution in [2.24, 2.45) is 0 Å². The number of amides is 1. The summed E-state index contributed by atoms with van der Waals surface area (Å²) < 4.78 is 6.37. The van der Waals surface area contributed by atoms with Crippen LogP contribution in [0.4, 0.5) is 4.79 Å². The van der Waals surface area contributed by atoms with Crippen LogP contribution in [0.15, 0.2) is 66.9 Å². The van der Waals surface area contributed by atoms with Crippen molar-refractivity contribution >= 4 is 16.9 Å². The van der Waals surface area contributed by atoms with Gasteiger partial charge in [0.15, 0.2) is 0 Å². The molecule has 0 aliphatic heterocycles. The summed E-state index contributed by atoms with van der Waals surface area (Å²) in [4.78, 5) is 11.5. The summed E-state index contributed by atoms with van der Waals surface area (Å²) in [6, 6.07) is 19.9. The topological polar surface area (TPSA) is 42.2 Å². The first kappa shape index (κ1) is 13.1. The highest BCUT2D eigenvalue weighted by Gasteiger charge is 2.18. The second kappa shape index (κ2) is 5.63. The average Bonchev–Trinajstić information content (AvgIpc) is 2.55. The molecule has 0 fully saturated rings. The molecule has 1 amide bonds. The van der Waals surface area contributed by atoms with Crippen molar-refractivity contribution in [1.82, 2.24) is 0 Å². The Hall–Kier alpha value is -2.88. The van der Waals surface area contributed by atoms with Crippen molar-refractivity contribution in [1.29, 1.82) is 0 Å². The molecule has 0 saturated carbocycles. The molecule has 3 rings (SSSR count). The quantitative estimate of drug-likeness (QED) is 0.732. The Balaban J connectivity index is 2.19. The first-order valence-electron chi connectivity index (χ1n) is 6.63. The van der Waals surface area contributed by atoms with E-state index in [9.17, 15) is 4.79 Å². The molecule has 0 atom stereocenters. The van der Waals surface area contributed by atoms with E-state index in [0.29, 0.717) is 0 Å². The fourth-order valence-electron chi connectivity index (χ4n) is 2.25. The highest BCUT2D eigenvalue weighted by Crippen LogP contribution is 2.20. The van der Waals surface area contributed by atoms with Crippen molar-refractivity contribution in [3.63, 3.8) is 0 Å².